The van der Waals surface area contributed by atoms with Crippen molar-refractivity contribution in [3.8, 4) is 0 Å². The van der Waals surface area contributed by atoms with Crippen LogP contribution in [0.3, 0.4) is 0 Å². The highest BCUT2D eigenvalue weighted by atomic mass is 127. The zero-order chi connectivity index (χ0) is 12.6. The molecule has 3 nitrogen and oxygen atoms in total. The third-order valence-electron chi connectivity index (χ3n) is 2.17. The van der Waals surface area contributed by atoms with Crippen LogP contribution in [-0.2, 0) is 9.84 Å². The quantitative estimate of drug-likeness (QED) is 0.653. The van der Waals surface area contributed by atoms with Gasteiger partial charge in [0.25, 0.3) is 0 Å². The van der Waals surface area contributed by atoms with Crippen LogP contribution in [0.1, 0.15) is 17.2 Å². The van der Waals surface area contributed by atoms with Gasteiger partial charge in [0.15, 0.2) is 9.84 Å². The first-order chi connectivity index (χ1) is 7.16. The molecule has 0 aromatic heterocycles. The number of rotatable bonds is 3. The minimum absolute atomic E-state index is 0.495. The van der Waals surface area contributed by atoms with Crippen LogP contribution in [-0.4, -0.2) is 22.0 Å². The molecule has 1 N–H and O–H groups in total. The first-order valence-corrected chi connectivity index (χ1v) is 7.83. The number of sulfone groups is 1. The number of hydrogen-bond acceptors (Lipinski definition) is 3. The van der Waals surface area contributed by atoms with Crippen molar-refractivity contribution in [1.82, 2.24) is 0 Å². The number of hydrogen-bond donors (Lipinski definition) is 1. The fourth-order valence-electron chi connectivity index (χ4n) is 1.24. The number of halogens is 2. The topological polar surface area (TPSA) is 54.4 Å². The highest BCUT2D eigenvalue weighted by Crippen LogP contribution is 2.42. The standard InChI is InChI=1S/C10H12ClIO3S/c1-7-4-3-5-8(6-7)9(13)10(11,12)16(2,14)15/h3-6,9,13H,1-2H3/t9-,10+/m1/s1. The number of benzene rings is 1. The predicted octanol–water partition coefficient (Wildman–Crippen LogP) is 2.40. The van der Waals surface area contributed by atoms with Crippen molar-refractivity contribution in [3.05, 3.63) is 35.4 Å². The van der Waals surface area contributed by atoms with E-state index in [9.17, 15) is 13.5 Å². The fourth-order valence-corrected chi connectivity index (χ4v) is 2.26. The molecule has 90 valence electrons. The summed E-state index contributed by atoms with van der Waals surface area (Å²) in [7, 11) is -3.56. The number of aliphatic hydroxyl groups is 1. The molecular formula is C10H12ClIO3S. The second-order valence-electron chi connectivity index (χ2n) is 3.65. The summed E-state index contributed by atoms with van der Waals surface area (Å²) in [4.78, 5) is 0. The van der Waals surface area contributed by atoms with Gasteiger partial charge in [-0.2, -0.15) is 0 Å². The van der Waals surface area contributed by atoms with Crippen molar-refractivity contribution in [2.75, 3.05) is 6.26 Å². The molecule has 0 saturated carbocycles. The van der Waals surface area contributed by atoms with Gasteiger partial charge in [0.05, 0.1) is 0 Å². The zero-order valence-corrected chi connectivity index (χ0v) is 12.5. The Bertz CT molecular complexity index is 485. The normalized spacial score (nSPS) is 17.8. The number of aryl methyl sites for hydroxylation is 1. The molecule has 0 saturated heterocycles. The zero-order valence-electron chi connectivity index (χ0n) is 8.81. The van der Waals surface area contributed by atoms with Gasteiger partial charge < -0.3 is 5.11 Å². The van der Waals surface area contributed by atoms with Crippen molar-refractivity contribution in [2.24, 2.45) is 0 Å². The molecule has 1 aromatic rings. The average molecular weight is 375 g/mol. The Morgan fingerprint density at radius 2 is 2.06 bits per heavy atom. The van der Waals surface area contributed by atoms with Crippen LogP contribution < -0.4 is 0 Å². The SMILES string of the molecule is Cc1cccc([C@@H](O)[C@](Cl)(I)S(C)(=O)=O)c1. The lowest BCUT2D eigenvalue weighted by Crippen LogP contribution is -2.32. The van der Waals surface area contributed by atoms with Crippen LogP contribution in [0.4, 0.5) is 0 Å². The van der Waals surface area contributed by atoms with Crippen molar-refractivity contribution in [1.29, 1.82) is 0 Å². The molecule has 0 amide bonds. The van der Waals surface area contributed by atoms with E-state index in [-0.39, 0.29) is 0 Å². The molecule has 0 radical (unpaired) electrons. The van der Waals surface area contributed by atoms with E-state index in [2.05, 4.69) is 0 Å². The van der Waals surface area contributed by atoms with Gasteiger partial charge in [-0.15, -0.1) is 0 Å². The van der Waals surface area contributed by atoms with E-state index < -0.39 is 18.2 Å². The largest absolute Gasteiger partial charge is 0.385 e. The maximum atomic E-state index is 11.5. The molecule has 16 heavy (non-hydrogen) atoms. The molecule has 0 spiro atoms. The maximum absolute atomic E-state index is 11.5. The van der Waals surface area contributed by atoms with E-state index in [1.807, 2.05) is 13.0 Å². The van der Waals surface area contributed by atoms with Crippen molar-refractivity contribution in [3.63, 3.8) is 0 Å². The number of alkyl halides is 2. The average Bonchev–Trinajstić information content (AvgIpc) is 2.14. The summed E-state index contributed by atoms with van der Waals surface area (Å²) in [6, 6.07) is 6.98. The molecule has 1 aromatic carbocycles. The summed E-state index contributed by atoms with van der Waals surface area (Å²) in [5.41, 5.74) is 1.43. The summed E-state index contributed by atoms with van der Waals surface area (Å²) in [5, 5.41) is 9.99. The summed E-state index contributed by atoms with van der Waals surface area (Å²) >= 11 is 7.45. The Hall–Kier alpha value is 0.150. The van der Waals surface area contributed by atoms with Crippen LogP contribution >= 0.6 is 34.2 Å². The summed E-state index contributed by atoms with van der Waals surface area (Å²) < 4.78 is 21.2. The highest BCUT2D eigenvalue weighted by Gasteiger charge is 2.44. The first kappa shape index (κ1) is 14.2. The monoisotopic (exact) mass is 374 g/mol. The molecule has 0 aliphatic rings. The lowest BCUT2D eigenvalue weighted by molar-refractivity contribution is 0.187. The van der Waals surface area contributed by atoms with Gasteiger partial charge in [0, 0.05) is 6.26 Å². The van der Waals surface area contributed by atoms with Crippen molar-refractivity contribution in [2.45, 2.75) is 15.2 Å². The van der Waals surface area contributed by atoms with Crippen molar-refractivity contribution >= 4 is 44.0 Å². The molecular weight excluding hydrogens is 363 g/mol. The van der Waals surface area contributed by atoms with Crippen LogP contribution in [0.25, 0.3) is 0 Å². The third-order valence-corrected chi connectivity index (χ3v) is 7.42. The molecule has 0 bridgehead atoms. The van der Waals surface area contributed by atoms with E-state index in [1.54, 1.807) is 40.8 Å². The third kappa shape index (κ3) is 2.88. The highest BCUT2D eigenvalue weighted by molar-refractivity contribution is 14.1. The van der Waals surface area contributed by atoms with E-state index in [4.69, 9.17) is 11.6 Å². The smallest absolute Gasteiger partial charge is 0.224 e. The molecule has 0 heterocycles. The minimum atomic E-state index is -3.56. The Kier molecular flexibility index (Phi) is 4.26. The second kappa shape index (κ2) is 4.80. The summed E-state index contributed by atoms with van der Waals surface area (Å²) in [5.74, 6) is 0. The lowest BCUT2D eigenvalue weighted by Gasteiger charge is -2.24. The lowest BCUT2D eigenvalue weighted by atomic mass is 10.1. The molecule has 2 atom stereocenters. The first-order valence-electron chi connectivity index (χ1n) is 4.48. The fraction of sp³-hybridized carbons (Fsp3) is 0.400. The van der Waals surface area contributed by atoms with Gasteiger partial charge in [-0.25, -0.2) is 8.42 Å². The van der Waals surface area contributed by atoms with Crippen molar-refractivity contribution < 1.29 is 13.5 Å². The van der Waals surface area contributed by atoms with Gasteiger partial charge in [-0.05, 0) is 35.1 Å². The molecule has 0 fully saturated rings. The molecule has 0 unspecified atom stereocenters. The van der Waals surface area contributed by atoms with Crippen LogP contribution in [0.15, 0.2) is 24.3 Å². The summed E-state index contributed by atoms with van der Waals surface area (Å²) in [6.07, 6.45) is -0.254. The Morgan fingerprint density at radius 3 is 2.50 bits per heavy atom. The van der Waals surface area contributed by atoms with Crippen LogP contribution in [0.2, 0.25) is 0 Å². The maximum Gasteiger partial charge on any atom is 0.224 e. The molecule has 0 aliphatic carbocycles. The molecule has 6 heteroatoms. The Balaban J connectivity index is 3.17. The van der Waals surface area contributed by atoms with Gasteiger partial charge >= 0.3 is 0 Å². The van der Waals surface area contributed by atoms with E-state index in [0.29, 0.717) is 5.56 Å². The Morgan fingerprint density at radius 1 is 1.50 bits per heavy atom. The van der Waals surface area contributed by atoms with Crippen LogP contribution in [0.5, 0.6) is 0 Å². The van der Waals surface area contributed by atoms with E-state index >= 15 is 0 Å². The van der Waals surface area contributed by atoms with Gasteiger partial charge in [-0.3, -0.25) is 0 Å². The van der Waals surface area contributed by atoms with E-state index in [0.717, 1.165) is 11.8 Å². The van der Waals surface area contributed by atoms with Crippen LogP contribution in [0, 0.1) is 6.92 Å². The van der Waals surface area contributed by atoms with Gasteiger partial charge in [0.2, 0.25) is 2.21 Å². The Labute approximate surface area is 114 Å². The minimum Gasteiger partial charge on any atom is -0.385 e. The van der Waals surface area contributed by atoms with E-state index in [1.165, 1.54) is 0 Å². The predicted molar refractivity (Wildman–Crippen MR) is 73.6 cm³/mol. The number of aliphatic hydroxyl groups excluding tert-OH is 1. The van der Waals surface area contributed by atoms with Gasteiger partial charge in [-0.1, -0.05) is 41.4 Å². The molecule has 0 aliphatic heterocycles. The second-order valence-corrected chi connectivity index (χ2v) is 9.73. The molecule has 1 rings (SSSR count). The van der Waals surface area contributed by atoms with Gasteiger partial charge in [0.1, 0.15) is 6.10 Å². The summed E-state index contributed by atoms with van der Waals surface area (Å²) in [6.45, 7) is 1.86.